The second kappa shape index (κ2) is 6.78. The van der Waals surface area contributed by atoms with Crippen molar-refractivity contribution in [3.63, 3.8) is 0 Å². The van der Waals surface area contributed by atoms with Gasteiger partial charge < -0.3 is 19.3 Å². The minimum atomic E-state index is -0.982. The van der Waals surface area contributed by atoms with Crippen molar-refractivity contribution in [3.05, 3.63) is 23.3 Å². The van der Waals surface area contributed by atoms with Gasteiger partial charge in [-0.2, -0.15) is 0 Å². The van der Waals surface area contributed by atoms with E-state index in [0.717, 1.165) is 19.5 Å². The summed E-state index contributed by atoms with van der Waals surface area (Å²) in [6.45, 7) is 2.20. The van der Waals surface area contributed by atoms with Crippen LogP contribution in [-0.2, 0) is 11.3 Å². The van der Waals surface area contributed by atoms with Crippen molar-refractivity contribution in [3.8, 4) is 11.5 Å². The first-order valence-electron chi connectivity index (χ1n) is 6.82. The summed E-state index contributed by atoms with van der Waals surface area (Å²) in [5, 5.41) is 9.42. The number of carbonyl (C=O) groups is 1. The number of carboxylic acid groups (broad SMARTS) is 1. The molecular weight excluding hydrogens is 274 g/mol. The van der Waals surface area contributed by atoms with Crippen molar-refractivity contribution < 1.29 is 24.1 Å². The van der Waals surface area contributed by atoms with E-state index in [1.165, 1.54) is 20.3 Å². The molecule has 0 saturated carbocycles. The number of hydrogen-bond acceptors (Lipinski definition) is 5. The third kappa shape index (κ3) is 3.46. The third-order valence-electron chi connectivity index (χ3n) is 3.81. The minimum absolute atomic E-state index is 0.211. The van der Waals surface area contributed by atoms with Crippen LogP contribution in [0.3, 0.4) is 0 Å². The maximum atomic E-state index is 11.5. The van der Waals surface area contributed by atoms with E-state index in [-0.39, 0.29) is 11.7 Å². The first-order valence-corrected chi connectivity index (χ1v) is 6.82. The Hall–Kier alpha value is -1.79. The summed E-state index contributed by atoms with van der Waals surface area (Å²) in [5.74, 6) is 0.0292. The molecular formula is C15H21NO5. The lowest BCUT2D eigenvalue weighted by molar-refractivity contribution is 0.0693. The van der Waals surface area contributed by atoms with Crippen LogP contribution in [0, 0.1) is 0 Å². The van der Waals surface area contributed by atoms with Gasteiger partial charge in [-0.25, -0.2) is 4.79 Å². The molecule has 0 aliphatic carbocycles. The Morgan fingerprint density at radius 3 is 2.62 bits per heavy atom. The highest BCUT2D eigenvalue weighted by Crippen LogP contribution is 2.31. The third-order valence-corrected chi connectivity index (χ3v) is 3.81. The lowest BCUT2D eigenvalue weighted by atomic mass is 10.0. The van der Waals surface area contributed by atoms with E-state index in [1.54, 1.807) is 13.2 Å². The zero-order valence-corrected chi connectivity index (χ0v) is 12.6. The molecule has 1 unspecified atom stereocenters. The van der Waals surface area contributed by atoms with Crippen LogP contribution in [0.4, 0.5) is 0 Å². The van der Waals surface area contributed by atoms with Gasteiger partial charge in [-0.15, -0.1) is 0 Å². The summed E-state index contributed by atoms with van der Waals surface area (Å²) < 4.78 is 15.8. The van der Waals surface area contributed by atoms with Crippen molar-refractivity contribution in [1.29, 1.82) is 0 Å². The van der Waals surface area contributed by atoms with E-state index >= 15 is 0 Å². The Balaban J connectivity index is 2.30. The molecule has 0 amide bonds. The zero-order chi connectivity index (χ0) is 15.4. The number of hydrogen-bond donors (Lipinski definition) is 1. The molecule has 0 aromatic heterocycles. The molecule has 1 saturated heterocycles. The average Bonchev–Trinajstić information content (AvgIpc) is 2.94. The standard InChI is InChI=1S/C15H21NO5/c1-19-10-4-5-16(8-10)9-13-12(15(17)18)6-11(20-2)7-14(13)21-3/h6-7,10H,4-5,8-9H2,1-3H3,(H,17,18). The van der Waals surface area contributed by atoms with Gasteiger partial charge in [-0.05, 0) is 12.5 Å². The quantitative estimate of drug-likeness (QED) is 0.860. The van der Waals surface area contributed by atoms with Gasteiger partial charge in [0.15, 0.2) is 0 Å². The van der Waals surface area contributed by atoms with E-state index in [0.29, 0.717) is 23.6 Å². The van der Waals surface area contributed by atoms with Gasteiger partial charge >= 0.3 is 5.97 Å². The van der Waals surface area contributed by atoms with E-state index < -0.39 is 5.97 Å². The maximum absolute atomic E-state index is 11.5. The van der Waals surface area contributed by atoms with Crippen LogP contribution >= 0.6 is 0 Å². The summed E-state index contributed by atoms with van der Waals surface area (Å²) >= 11 is 0. The normalized spacial score (nSPS) is 18.7. The van der Waals surface area contributed by atoms with Crippen LogP contribution in [-0.4, -0.2) is 56.5 Å². The van der Waals surface area contributed by atoms with Crippen LogP contribution < -0.4 is 9.47 Å². The fraction of sp³-hybridized carbons (Fsp3) is 0.533. The van der Waals surface area contributed by atoms with Crippen LogP contribution in [0.1, 0.15) is 22.3 Å². The molecule has 1 aliphatic heterocycles. The highest BCUT2D eigenvalue weighted by Gasteiger charge is 2.25. The fourth-order valence-electron chi connectivity index (χ4n) is 2.63. The van der Waals surface area contributed by atoms with Crippen molar-refractivity contribution in [2.24, 2.45) is 0 Å². The smallest absolute Gasteiger partial charge is 0.336 e. The molecule has 116 valence electrons. The van der Waals surface area contributed by atoms with Gasteiger partial charge in [0.2, 0.25) is 0 Å². The van der Waals surface area contributed by atoms with Crippen LogP contribution in [0.5, 0.6) is 11.5 Å². The highest BCUT2D eigenvalue weighted by molar-refractivity contribution is 5.91. The van der Waals surface area contributed by atoms with Crippen LogP contribution in [0.2, 0.25) is 0 Å². The molecule has 2 rings (SSSR count). The highest BCUT2D eigenvalue weighted by atomic mass is 16.5. The van der Waals surface area contributed by atoms with Crippen molar-refractivity contribution in [1.82, 2.24) is 4.90 Å². The lowest BCUT2D eigenvalue weighted by Crippen LogP contribution is -2.24. The summed E-state index contributed by atoms with van der Waals surface area (Å²) in [7, 11) is 4.74. The molecule has 1 fully saturated rings. The molecule has 1 atom stereocenters. The molecule has 0 spiro atoms. The molecule has 0 radical (unpaired) electrons. The van der Waals surface area contributed by atoms with Gasteiger partial charge in [0.25, 0.3) is 0 Å². The topological polar surface area (TPSA) is 68.2 Å². The number of rotatable bonds is 6. The summed E-state index contributed by atoms with van der Waals surface area (Å²) in [4.78, 5) is 13.7. The van der Waals surface area contributed by atoms with E-state index in [1.807, 2.05) is 0 Å². The van der Waals surface area contributed by atoms with Gasteiger partial charge in [0, 0.05) is 38.4 Å². The van der Waals surface area contributed by atoms with Gasteiger partial charge in [-0.1, -0.05) is 0 Å². The van der Waals surface area contributed by atoms with Gasteiger partial charge in [0.1, 0.15) is 11.5 Å². The maximum Gasteiger partial charge on any atom is 0.336 e. The molecule has 0 bridgehead atoms. The van der Waals surface area contributed by atoms with Crippen molar-refractivity contribution in [2.75, 3.05) is 34.4 Å². The van der Waals surface area contributed by atoms with Crippen LogP contribution in [0.15, 0.2) is 12.1 Å². The molecule has 1 N–H and O–H groups in total. The first-order chi connectivity index (χ1) is 10.1. The Morgan fingerprint density at radius 1 is 1.33 bits per heavy atom. The molecule has 1 aromatic rings. The number of aromatic carboxylic acids is 1. The summed E-state index contributed by atoms with van der Waals surface area (Å²) in [6, 6.07) is 3.25. The second-order valence-electron chi connectivity index (χ2n) is 5.04. The Kier molecular flexibility index (Phi) is 5.03. The van der Waals surface area contributed by atoms with E-state index in [2.05, 4.69) is 4.90 Å². The summed E-state index contributed by atoms with van der Waals surface area (Å²) in [5.41, 5.74) is 0.884. The largest absolute Gasteiger partial charge is 0.497 e. The monoisotopic (exact) mass is 295 g/mol. The summed E-state index contributed by atoms with van der Waals surface area (Å²) in [6.07, 6.45) is 1.17. The van der Waals surface area contributed by atoms with Gasteiger partial charge in [-0.3, -0.25) is 4.90 Å². The molecule has 1 heterocycles. The first kappa shape index (κ1) is 15.6. The number of carboxylic acids is 1. The number of ether oxygens (including phenoxy) is 3. The van der Waals surface area contributed by atoms with E-state index in [9.17, 15) is 9.90 Å². The number of nitrogens with zero attached hydrogens (tertiary/aromatic N) is 1. The second-order valence-corrected chi connectivity index (χ2v) is 5.04. The molecule has 1 aliphatic rings. The van der Waals surface area contributed by atoms with Crippen molar-refractivity contribution >= 4 is 5.97 Å². The van der Waals surface area contributed by atoms with Gasteiger partial charge in [0.05, 0.1) is 25.9 Å². The van der Waals surface area contributed by atoms with Crippen molar-refractivity contribution in [2.45, 2.75) is 19.1 Å². The Morgan fingerprint density at radius 2 is 2.10 bits per heavy atom. The molecule has 6 nitrogen and oxygen atoms in total. The molecule has 21 heavy (non-hydrogen) atoms. The Bertz CT molecular complexity index is 517. The lowest BCUT2D eigenvalue weighted by Gasteiger charge is -2.20. The predicted octanol–water partition coefficient (Wildman–Crippen LogP) is 1.62. The predicted molar refractivity (Wildman–Crippen MR) is 77.2 cm³/mol. The zero-order valence-electron chi connectivity index (χ0n) is 12.6. The Labute approximate surface area is 124 Å². The SMILES string of the molecule is COc1cc(OC)c(CN2CCC(OC)C2)c(C(=O)O)c1. The number of likely N-dealkylation sites (tertiary alicyclic amines) is 1. The minimum Gasteiger partial charge on any atom is -0.497 e. The van der Waals surface area contributed by atoms with E-state index in [4.69, 9.17) is 14.2 Å². The molecule has 1 aromatic carbocycles. The van der Waals surface area contributed by atoms with Crippen LogP contribution in [0.25, 0.3) is 0 Å². The number of benzene rings is 1. The average molecular weight is 295 g/mol. The molecule has 6 heteroatoms. The number of methoxy groups -OCH3 is 3. The fourth-order valence-corrected chi connectivity index (χ4v) is 2.63.